The molecule has 0 saturated heterocycles. The summed E-state index contributed by atoms with van der Waals surface area (Å²) in [6, 6.07) is 10.9. The molecule has 0 spiro atoms. The van der Waals surface area contributed by atoms with Crippen LogP contribution in [0.1, 0.15) is 11.3 Å². The second kappa shape index (κ2) is 5.17. The maximum absolute atomic E-state index is 5.87. The molecule has 0 aliphatic rings. The molecule has 0 aliphatic heterocycles. The molecular weight excluding hydrogens is 236 g/mol. The highest BCUT2D eigenvalue weighted by molar-refractivity contribution is 6.30. The predicted octanol–water partition coefficient (Wildman–Crippen LogP) is 3.29. The second-order valence-corrected chi connectivity index (χ2v) is 4.09. The summed E-state index contributed by atoms with van der Waals surface area (Å²) in [6.07, 6.45) is 0. The summed E-state index contributed by atoms with van der Waals surface area (Å²) in [5.41, 5.74) is 7.47. The number of nitrogens with two attached hydrogens (primary N) is 1. The van der Waals surface area contributed by atoms with E-state index in [1.165, 1.54) is 0 Å². The van der Waals surface area contributed by atoms with Crippen LogP contribution in [0.15, 0.2) is 36.4 Å². The molecule has 1 aromatic carbocycles. The average molecular weight is 249 g/mol. The minimum atomic E-state index is 0.482. The molecule has 1 aromatic heterocycles. The highest BCUT2D eigenvalue weighted by Gasteiger charge is 2.02. The van der Waals surface area contributed by atoms with Crippen molar-refractivity contribution < 1.29 is 4.74 Å². The van der Waals surface area contributed by atoms with E-state index in [-0.39, 0.29) is 0 Å². The van der Waals surface area contributed by atoms with Crippen LogP contribution in [0.5, 0.6) is 11.6 Å². The van der Waals surface area contributed by atoms with Crippen molar-refractivity contribution in [2.75, 3.05) is 0 Å². The molecule has 2 aromatic rings. The fourth-order valence-electron chi connectivity index (χ4n) is 1.49. The Kier molecular flexibility index (Phi) is 3.61. The van der Waals surface area contributed by atoms with Crippen molar-refractivity contribution in [1.82, 2.24) is 4.98 Å². The zero-order valence-electron chi connectivity index (χ0n) is 9.48. The van der Waals surface area contributed by atoms with Crippen LogP contribution in [-0.2, 0) is 6.54 Å². The van der Waals surface area contributed by atoms with Crippen LogP contribution in [0.25, 0.3) is 0 Å². The zero-order valence-corrected chi connectivity index (χ0v) is 10.2. The lowest BCUT2D eigenvalue weighted by molar-refractivity contribution is 0.461. The van der Waals surface area contributed by atoms with Crippen LogP contribution < -0.4 is 10.5 Å². The number of nitrogens with zero attached hydrogens (tertiary/aromatic N) is 1. The van der Waals surface area contributed by atoms with Gasteiger partial charge in [0, 0.05) is 23.3 Å². The molecular formula is C13H13ClN2O. The molecule has 2 N–H and O–H groups in total. The van der Waals surface area contributed by atoms with E-state index in [4.69, 9.17) is 22.1 Å². The van der Waals surface area contributed by atoms with Gasteiger partial charge in [-0.1, -0.05) is 23.7 Å². The van der Waals surface area contributed by atoms with E-state index in [0.717, 1.165) is 11.3 Å². The number of halogens is 1. The third-order valence-electron chi connectivity index (χ3n) is 2.41. The Morgan fingerprint density at radius 2 is 2.12 bits per heavy atom. The van der Waals surface area contributed by atoms with Gasteiger partial charge in [-0.3, -0.25) is 0 Å². The number of benzene rings is 1. The summed E-state index contributed by atoms with van der Waals surface area (Å²) >= 11 is 5.87. The van der Waals surface area contributed by atoms with E-state index in [1.807, 2.05) is 25.1 Å². The Hall–Kier alpha value is -1.58. The lowest BCUT2D eigenvalue weighted by Crippen LogP contribution is -2.01. The first-order chi connectivity index (χ1) is 8.19. The van der Waals surface area contributed by atoms with Gasteiger partial charge in [0.1, 0.15) is 5.75 Å². The fraction of sp³-hybridized carbons (Fsp3) is 0.154. The van der Waals surface area contributed by atoms with Crippen LogP contribution in [0, 0.1) is 6.92 Å². The Morgan fingerprint density at radius 1 is 1.29 bits per heavy atom. The van der Waals surface area contributed by atoms with Gasteiger partial charge in [0.25, 0.3) is 0 Å². The smallest absolute Gasteiger partial charge is 0.219 e. The molecule has 88 valence electrons. The van der Waals surface area contributed by atoms with E-state index < -0.39 is 0 Å². The van der Waals surface area contributed by atoms with Crippen molar-refractivity contribution in [3.63, 3.8) is 0 Å². The number of hydrogen-bond acceptors (Lipinski definition) is 3. The van der Waals surface area contributed by atoms with Crippen molar-refractivity contribution in [2.24, 2.45) is 5.73 Å². The van der Waals surface area contributed by atoms with Gasteiger partial charge >= 0.3 is 0 Å². The average Bonchev–Trinajstić information content (AvgIpc) is 2.29. The summed E-state index contributed by atoms with van der Waals surface area (Å²) < 4.78 is 5.60. The van der Waals surface area contributed by atoms with Gasteiger partial charge in [-0.15, -0.1) is 0 Å². The minimum absolute atomic E-state index is 0.482. The molecule has 0 atom stereocenters. The predicted molar refractivity (Wildman–Crippen MR) is 68.4 cm³/mol. The van der Waals surface area contributed by atoms with Gasteiger partial charge in [0.15, 0.2) is 0 Å². The summed E-state index contributed by atoms with van der Waals surface area (Å²) in [5, 5.41) is 0.637. The largest absolute Gasteiger partial charge is 0.439 e. The maximum Gasteiger partial charge on any atom is 0.219 e. The van der Waals surface area contributed by atoms with Crippen LogP contribution >= 0.6 is 11.6 Å². The van der Waals surface area contributed by atoms with E-state index in [2.05, 4.69) is 4.98 Å². The summed E-state index contributed by atoms with van der Waals surface area (Å²) in [5.74, 6) is 1.21. The number of hydrogen-bond donors (Lipinski definition) is 1. The topological polar surface area (TPSA) is 48.1 Å². The van der Waals surface area contributed by atoms with Gasteiger partial charge in [-0.05, 0) is 30.7 Å². The Bertz CT molecular complexity index is 529. The number of aryl methyl sites for hydroxylation is 1. The van der Waals surface area contributed by atoms with Gasteiger partial charge in [0.05, 0.1) is 0 Å². The Morgan fingerprint density at radius 3 is 2.76 bits per heavy atom. The van der Waals surface area contributed by atoms with E-state index >= 15 is 0 Å². The number of pyridine rings is 1. The van der Waals surface area contributed by atoms with E-state index in [0.29, 0.717) is 23.2 Å². The first-order valence-electron chi connectivity index (χ1n) is 5.29. The first kappa shape index (κ1) is 11.9. The molecule has 4 heteroatoms. The van der Waals surface area contributed by atoms with E-state index in [1.54, 1.807) is 18.2 Å². The lowest BCUT2D eigenvalue weighted by atomic mass is 10.2. The zero-order chi connectivity index (χ0) is 12.3. The third kappa shape index (κ3) is 2.96. The standard InChI is InChI=1S/C13H13ClN2O/c1-9-10(8-15)5-6-13(16-9)17-12-4-2-3-11(14)7-12/h2-7H,8,15H2,1H3. The highest BCUT2D eigenvalue weighted by Crippen LogP contribution is 2.23. The number of ether oxygens (including phenoxy) is 1. The molecule has 0 unspecified atom stereocenters. The maximum atomic E-state index is 5.87. The first-order valence-corrected chi connectivity index (χ1v) is 5.67. The normalized spacial score (nSPS) is 10.3. The van der Waals surface area contributed by atoms with Crippen molar-refractivity contribution in [3.8, 4) is 11.6 Å². The van der Waals surface area contributed by atoms with Crippen molar-refractivity contribution >= 4 is 11.6 Å². The van der Waals surface area contributed by atoms with Crippen LogP contribution in [0.4, 0.5) is 0 Å². The summed E-state index contributed by atoms with van der Waals surface area (Å²) in [6.45, 7) is 2.39. The molecule has 2 rings (SSSR count). The molecule has 0 amide bonds. The Balaban J connectivity index is 2.22. The third-order valence-corrected chi connectivity index (χ3v) is 2.64. The molecule has 3 nitrogen and oxygen atoms in total. The Labute approximate surface area is 105 Å². The minimum Gasteiger partial charge on any atom is -0.439 e. The fourth-order valence-corrected chi connectivity index (χ4v) is 1.67. The number of aromatic nitrogens is 1. The SMILES string of the molecule is Cc1nc(Oc2cccc(Cl)c2)ccc1CN. The summed E-state index contributed by atoms with van der Waals surface area (Å²) in [7, 11) is 0. The lowest BCUT2D eigenvalue weighted by Gasteiger charge is -2.07. The molecule has 1 heterocycles. The molecule has 0 aliphatic carbocycles. The van der Waals surface area contributed by atoms with Crippen LogP contribution in [-0.4, -0.2) is 4.98 Å². The second-order valence-electron chi connectivity index (χ2n) is 3.66. The molecule has 0 radical (unpaired) electrons. The monoisotopic (exact) mass is 248 g/mol. The molecule has 0 bridgehead atoms. The van der Waals surface area contributed by atoms with Crippen molar-refractivity contribution in [1.29, 1.82) is 0 Å². The molecule has 17 heavy (non-hydrogen) atoms. The van der Waals surface area contributed by atoms with Gasteiger partial charge in [-0.25, -0.2) is 4.98 Å². The van der Waals surface area contributed by atoms with Gasteiger partial charge in [-0.2, -0.15) is 0 Å². The van der Waals surface area contributed by atoms with Gasteiger partial charge < -0.3 is 10.5 Å². The summed E-state index contributed by atoms with van der Waals surface area (Å²) in [4.78, 5) is 4.32. The van der Waals surface area contributed by atoms with Crippen LogP contribution in [0.2, 0.25) is 5.02 Å². The quantitative estimate of drug-likeness (QED) is 0.907. The van der Waals surface area contributed by atoms with E-state index in [9.17, 15) is 0 Å². The van der Waals surface area contributed by atoms with Gasteiger partial charge in [0.2, 0.25) is 5.88 Å². The highest BCUT2D eigenvalue weighted by atomic mass is 35.5. The molecule has 0 fully saturated rings. The van der Waals surface area contributed by atoms with Crippen molar-refractivity contribution in [3.05, 3.63) is 52.7 Å². The van der Waals surface area contributed by atoms with Crippen LogP contribution in [0.3, 0.4) is 0 Å². The number of rotatable bonds is 3. The van der Waals surface area contributed by atoms with Crippen molar-refractivity contribution in [2.45, 2.75) is 13.5 Å². The molecule has 0 saturated carbocycles.